The number of ether oxygens (including phenoxy) is 1. The van der Waals surface area contributed by atoms with Crippen molar-refractivity contribution in [2.75, 3.05) is 6.54 Å². The van der Waals surface area contributed by atoms with E-state index in [-0.39, 0.29) is 25.1 Å². The lowest BCUT2D eigenvalue weighted by Crippen LogP contribution is -2.29. The van der Waals surface area contributed by atoms with Crippen LogP contribution in [0.25, 0.3) is 0 Å². The van der Waals surface area contributed by atoms with Gasteiger partial charge in [0.15, 0.2) is 11.6 Å². The van der Waals surface area contributed by atoms with Gasteiger partial charge in [-0.05, 0) is 18.1 Å². The lowest BCUT2D eigenvalue weighted by molar-refractivity contribution is 0.0121. The third-order valence-electron chi connectivity index (χ3n) is 3.62. The molecule has 2 aromatic rings. The number of aliphatic hydroxyl groups is 2. The largest absolute Gasteiger partial charge is 0.505 e. The summed E-state index contributed by atoms with van der Waals surface area (Å²) in [5, 5.41) is 31.9. The number of amides is 1. The Labute approximate surface area is 144 Å². The van der Waals surface area contributed by atoms with Crippen LogP contribution in [0.4, 0.5) is 9.18 Å². The van der Waals surface area contributed by atoms with Gasteiger partial charge in [-0.1, -0.05) is 42.5 Å². The fraction of sp³-hybridized carbons (Fsp3) is 0.278. The summed E-state index contributed by atoms with van der Waals surface area (Å²) >= 11 is 0. The van der Waals surface area contributed by atoms with Crippen LogP contribution in [0, 0.1) is 5.82 Å². The number of rotatable bonds is 7. The van der Waals surface area contributed by atoms with Gasteiger partial charge in [-0.3, -0.25) is 0 Å². The lowest BCUT2D eigenvalue weighted by atomic mass is 10.0. The number of aliphatic hydroxyl groups excluding tert-OH is 2. The molecule has 0 fully saturated rings. The van der Waals surface area contributed by atoms with E-state index in [0.717, 1.165) is 11.6 Å². The van der Waals surface area contributed by atoms with Gasteiger partial charge in [0.25, 0.3) is 0 Å². The summed E-state index contributed by atoms with van der Waals surface area (Å²) in [4.78, 5) is 11.6. The van der Waals surface area contributed by atoms with Gasteiger partial charge in [-0.2, -0.15) is 0 Å². The van der Waals surface area contributed by atoms with Crippen LogP contribution in [0.3, 0.4) is 0 Å². The first-order valence-corrected chi connectivity index (χ1v) is 7.77. The number of alkyl carbamates (subject to hydrolysis) is 1. The maximum Gasteiger partial charge on any atom is 0.407 e. The average molecular weight is 349 g/mol. The molecule has 0 radical (unpaired) electrons. The van der Waals surface area contributed by atoms with Gasteiger partial charge in [0, 0.05) is 12.1 Å². The number of phenols is 1. The van der Waals surface area contributed by atoms with Crippen molar-refractivity contribution in [1.29, 1.82) is 0 Å². The molecule has 2 atom stereocenters. The molecule has 1 amide bonds. The molecule has 0 aromatic heterocycles. The second-order valence-corrected chi connectivity index (χ2v) is 5.47. The Hall–Kier alpha value is -2.64. The van der Waals surface area contributed by atoms with E-state index in [1.165, 1.54) is 12.1 Å². The van der Waals surface area contributed by atoms with Gasteiger partial charge >= 0.3 is 6.09 Å². The second kappa shape index (κ2) is 9.00. The number of benzene rings is 2. The summed E-state index contributed by atoms with van der Waals surface area (Å²) in [6.45, 7) is 0.164. The number of hydrogen-bond acceptors (Lipinski definition) is 5. The molecule has 4 N–H and O–H groups in total. The van der Waals surface area contributed by atoms with Crippen LogP contribution in [0.15, 0.2) is 48.5 Å². The van der Waals surface area contributed by atoms with E-state index >= 15 is 0 Å². The zero-order valence-corrected chi connectivity index (χ0v) is 13.4. The Morgan fingerprint density at radius 2 is 1.84 bits per heavy atom. The van der Waals surface area contributed by atoms with Crippen LogP contribution >= 0.6 is 0 Å². The van der Waals surface area contributed by atoms with Crippen molar-refractivity contribution in [2.45, 2.75) is 25.2 Å². The first-order chi connectivity index (χ1) is 12.0. The molecular weight excluding hydrogens is 329 g/mol. The van der Waals surface area contributed by atoms with E-state index in [9.17, 15) is 24.5 Å². The maximum absolute atomic E-state index is 13.3. The fourth-order valence-corrected chi connectivity index (χ4v) is 2.23. The van der Waals surface area contributed by atoms with E-state index in [2.05, 4.69) is 5.32 Å². The van der Waals surface area contributed by atoms with Crippen molar-refractivity contribution in [3.05, 3.63) is 65.5 Å². The van der Waals surface area contributed by atoms with Crippen molar-refractivity contribution >= 4 is 6.09 Å². The third kappa shape index (κ3) is 5.44. The molecule has 134 valence electrons. The van der Waals surface area contributed by atoms with E-state index in [0.29, 0.717) is 0 Å². The van der Waals surface area contributed by atoms with E-state index in [4.69, 9.17) is 4.74 Å². The standard InChI is InChI=1S/C18H20FNO5/c19-14-8-4-7-13(16(14)22)17(23)15(21)9-10-20-18(24)25-11-12-5-2-1-3-6-12/h1-8,15,17,21-23H,9-11H2,(H,20,24). The summed E-state index contributed by atoms with van der Waals surface area (Å²) in [5.74, 6) is -1.59. The number of carbonyl (C=O) groups is 1. The molecule has 0 aliphatic carbocycles. The van der Waals surface area contributed by atoms with Gasteiger partial charge in [0.2, 0.25) is 0 Å². The number of phenolic OH excluding ortho intramolecular Hbond substituents is 1. The summed E-state index contributed by atoms with van der Waals surface area (Å²) < 4.78 is 18.3. The third-order valence-corrected chi connectivity index (χ3v) is 3.62. The topological polar surface area (TPSA) is 99.0 Å². The second-order valence-electron chi connectivity index (χ2n) is 5.47. The number of para-hydroxylation sites is 1. The molecule has 0 spiro atoms. The molecule has 0 aliphatic rings. The van der Waals surface area contributed by atoms with E-state index < -0.39 is 29.9 Å². The van der Waals surface area contributed by atoms with Crippen LogP contribution in [0.2, 0.25) is 0 Å². The zero-order valence-electron chi connectivity index (χ0n) is 13.4. The molecule has 7 heteroatoms. The van der Waals surface area contributed by atoms with Gasteiger partial charge in [-0.25, -0.2) is 9.18 Å². The monoisotopic (exact) mass is 349 g/mol. The van der Waals surface area contributed by atoms with Crippen LogP contribution in [0.5, 0.6) is 5.75 Å². The Bertz CT molecular complexity index is 695. The maximum atomic E-state index is 13.3. The minimum absolute atomic E-state index is 0.00242. The van der Waals surface area contributed by atoms with E-state index in [1.807, 2.05) is 30.3 Å². The van der Waals surface area contributed by atoms with Gasteiger partial charge in [0.1, 0.15) is 12.7 Å². The van der Waals surface area contributed by atoms with Crippen molar-refractivity contribution in [3.8, 4) is 5.75 Å². The highest BCUT2D eigenvalue weighted by Crippen LogP contribution is 2.29. The van der Waals surface area contributed by atoms with Crippen LogP contribution < -0.4 is 5.32 Å². The SMILES string of the molecule is O=C(NCCC(O)C(O)c1cccc(F)c1O)OCc1ccccc1. The predicted octanol–water partition coefficient (Wildman–Crippen LogP) is 2.24. The zero-order chi connectivity index (χ0) is 18.2. The molecular formula is C18H20FNO5. The van der Waals surface area contributed by atoms with Crippen molar-refractivity contribution in [1.82, 2.24) is 5.32 Å². The molecule has 0 heterocycles. The molecule has 0 saturated heterocycles. The Morgan fingerprint density at radius 1 is 1.12 bits per heavy atom. The average Bonchev–Trinajstić information content (AvgIpc) is 2.62. The van der Waals surface area contributed by atoms with Crippen molar-refractivity contribution < 1.29 is 29.2 Å². The molecule has 6 nitrogen and oxygen atoms in total. The van der Waals surface area contributed by atoms with Gasteiger partial charge in [0.05, 0.1) is 6.10 Å². The molecule has 2 unspecified atom stereocenters. The number of nitrogens with one attached hydrogen (secondary N) is 1. The normalized spacial score (nSPS) is 13.1. The van der Waals surface area contributed by atoms with Crippen LogP contribution in [-0.4, -0.2) is 34.1 Å². The lowest BCUT2D eigenvalue weighted by Gasteiger charge is -2.19. The number of carbonyl (C=O) groups excluding carboxylic acids is 1. The van der Waals surface area contributed by atoms with Crippen molar-refractivity contribution in [3.63, 3.8) is 0 Å². The highest BCUT2D eigenvalue weighted by molar-refractivity contribution is 5.67. The molecule has 25 heavy (non-hydrogen) atoms. The minimum Gasteiger partial charge on any atom is -0.505 e. The summed E-state index contributed by atoms with van der Waals surface area (Å²) in [7, 11) is 0. The minimum atomic E-state index is -1.47. The number of hydrogen-bond donors (Lipinski definition) is 4. The quantitative estimate of drug-likeness (QED) is 0.614. The molecule has 0 saturated carbocycles. The van der Waals surface area contributed by atoms with E-state index in [1.54, 1.807) is 0 Å². The smallest absolute Gasteiger partial charge is 0.407 e. The Balaban J connectivity index is 1.75. The predicted molar refractivity (Wildman–Crippen MR) is 88.3 cm³/mol. The molecule has 2 aromatic carbocycles. The summed E-state index contributed by atoms with van der Waals surface area (Å²) in [5.41, 5.74) is 0.730. The van der Waals surface area contributed by atoms with Crippen LogP contribution in [-0.2, 0) is 11.3 Å². The highest BCUT2D eigenvalue weighted by atomic mass is 19.1. The number of aromatic hydroxyl groups is 1. The number of halogens is 1. The first kappa shape index (κ1) is 18.7. The summed E-state index contributed by atoms with van der Waals surface area (Å²) in [6.07, 6.45) is -3.42. The van der Waals surface area contributed by atoms with Gasteiger partial charge in [-0.15, -0.1) is 0 Å². The molecule has 0 aliphatic heterocycles. The van der Waals surface area contributed by atoms with Crippen LogP contribution in [0.1, 0.15) is 23.7 Å². The molecule has 0 bridgehead atoms. The Morgan fingerprint density at radius 3 is 2.56 bits per heavy atom. The highest BCUT2D eigenvalue weighted by Gasteiger charge is 2.22. The van der Waals surface area contributed by atoms with Crippen molar-refractivity contribution in [2.24, 2.45) is 0 Å². The Kier molecular flexibility index (Phi) is 6.73. The molecule has 2 rings (SSSR count). The first-order valence-electron chi connectivity index (χ1n) is 7.77. The fourth-order valence-electron chi connectivity index (χ4n) is 2.23. The summed E-state index contributed by atoms with van der Waals surface area (Å²) in [6, 6.07) is 12.8. The van der Waals surface area contributed by atoms with Gasteiger partial charge < -0.3 is 25.4 Å².